The molecule has 0 fully saturated rings. The molecule has 0 aliphatic rings. The summed E-state index contributed by atoms with van der Waals surface area (Å²) in [6, 6.07) is 53.5. The van der Waals surface area contributed by atoms with Gasteiger partial charge in [-0.15, -0.1) is 0 Å². The number of fused-ring (bicyclic) bond motifs is 4. The van der Waals surface area contributed by atoms with Gasteiger partial charge in [0.25, 0.3) is 0 Å². The number of furan rings is 1. The fraction of sp³-hybridized carbons (Fsp3) is 0. The second kappa shape index (κ2) is 11.2. The standard InChI is InChI=1S/C42H26N4O/c1-4-13-27(14-5-1)31-25-30-23-24-35(43-39(30)34(26-31)28-15-6-2-7-16-28)42-45-40(29-17-8-3-9-18-29)44-41(46-42)33-20-12-22-37-38(33)32-19-10-11-21-36(32)47-37/h1-26H. The van der Waals surface area contributed by atoms with Gasteiger partial charge in [0.1, 0.15) is 16.9 Å². The maximum atomic E-state index is 6.21. The molecule has 0 saturated carbocycles. The Bertz CT molecular complexity index is 2560. The number of para-hydroxylation sites is 1. The van der Waals surface area contributed by atoms with Crippen molar-refractivity contribution in [1.29, 1.82) is 0 Å². The zero-order chi connectivity index (χ0) is 31.2. The lowest BCUT2D eigenvalue weighted by molar-refractivity contribution is 0.669. The Morgan fingerprint density at radius 1 is 0.383 bits per heavy atom. The van der Waals surface area contributed by atoms with Crippen molar-refractivity contribution in [2.24, 2.45) is 0 Å². The molecule has 3 heterocycles. The van der Waals surface area contributed by atoms with Crippen molar-refractivity contribution in [2.45, 2.75) is 0 Å². The lowest BCUT2D eigenvalue weighted by atomic mass is 9.95. The van der Waals surface area contributed by atoms with Gasteiger partial charge < -0.3 is 4.42 Å². The Kier molecular flexibility index (Phi) is 6.39. The fourth-order valence-electron chi connectivity index (χ4n) is 6.28. The van der Waals surface area contributed by atoms with Crippen LogP contribution in [0.3, 0.4) is 0 Å². The van der Waals surface area contributed by atoms with Crippen molar-refractivity contribution >= 4 is 32.8 Å². The van der Waals surface area contributed by atoms with Gasteiger partial charge in [0, 0.05) is 32.8 Å². The molecule has 0 bridgehead atoms. The third-order valence-electron chi connectivity index (χ3n) is 8.52. The van der Waals surface area contributed by atoms with Crippen LogP contribution in [0, 0.1) is 0 Å². The Hall–Kier alpha value is -6.46. The monoisotopic (exact) mass is 602 g/mol. The van der Waals surface area contributed by atoms with Gasteiger partial charge in [-0.2, -0.15) is 0 Å². The van der Waals surface area contributed by atoms with Crippen LogP contribution in [0.2, 0.25) is 0 Å². The van der Waals surface area contributed by atoms with E-state index in [-0.39, 0.29) is 0 Å². The second-order valence-corrected chi connectivity index (χ2v) is 11.5. The molecule has 220 valence electrons. The first-order chi connectivity index (χ1) is 23.3. The Labute approximate surface area is 270 Å². The summed E-state index contributed by atoms with van der Waals surface area (Å²) in [7, 11) is 0. The molecule has 5 heteroatoms. The highest BCUT2D eigenvalue weighted by molar-refractivity contribution is 6.11. The minimum atomic E-state index is 0.506. The highest BCUT2D eigenvalue weighted by atomic mass is 16.3. The van der Waals surface area contributed by atoms with Crippen molar-refractivity contribution in [3.05, 3.63) is 158 Å². The summed E-state index contributed by atoms with van der Waals surface area (Å²) in [6.45, 7) is 0. The lowest BCUT2D eigenvalue weighted by Crippen LogP contribution is -2.02. The Balaban J connectivity index is 1.28. The van der Waals surface area contributed by atoms with Crippen molar-refractivity contribution < 1.29 is 4.42 Å². The predicted molar refractivity (Wildman–Crippen MR) is 190 cm³/mol. The molecule has 6 aromatic carbocycles. The van der Waals surface area contributed by atoms with Crippen LogP contribution < -0.4 is 0 Å². The van der Waals surface area contributed by atoms with Gasteiger partial charge in [-0.3, -0.25) is 0 Å². The zero-order valence-electron chi connectivity index (χ0n) is 25.2. The number of aromatic nitrogens is 4. The quantitative estimate of drug-likeness (QED) is 0.196. The largest absolute Gasteiger partial charge is 0.456 e. The molecule has 0 saturated heterocycles. The van der Waals surface area contributed by atoms with Gasteiger partial charge in [0.15, 0.2) is 17.5 Å². The van der Waals surface area contributed by atoms with Crippen LogP contribution in [-0.2, 0) is 0 Å². The van der Waals surface area contributed by atoms with Crippen LogP contribution in [0.25, 0.3) is 89.4 Å². The van der Waals surface area contributed by atoms with E-state index in [1.807, 2.05) is 84.9 Å². The van der Waals surface area contributed by atoms with E-state index in [1.165, 1.54) is 0 Å². The molecule has 0 N–H and O–H groups in total. The predicted octanol–water partition coefficient (Wildman–Crippen LogP) is 10.7. The molecule has 0 aliphatic heterocycles. The summed E-state index contributed by atoms with van der Waals surface area (Å²) in [5, 5.41) is 3.04. The average Bonchev–Trinajstić information content (AvgIpc) is 3.54. The number of hydrogen-bond acceptors (Lipinski definition) is 5. The van der Waals surface area contributed by atoms with Gasteiger partial charge in [-0.05, 0) is 47.0 Å². The molecule has 9 aromatic rings. The number of hydrogen-bond donors (Lipinski definition) is 0. The van der Waals surface area contributed by atoms with Crippen LogP contribution in [-0.4, -0.2) is 19.9 Å². The summed E-state index contributed by atoms with van der Waals surface area (Å²) < 4.78 is 6.21. The first-order valence-electron chi connectivity index (χ1n) is 15.6. The van der Waals surface area contributed by atoms with Crippen LogP contribution in [0.5, 0.6) is 0 Å². The van der Waals surface area contributed by atoms with Crippen molar-refractivity contribution in [1.82, 2.24) is 19.9 Å². The van der Waals surface area contributed by atoms with Gasteiger partial charge in [-0.25, -0.2) is 19.9 Å². The van der Waals surface area contributed by atoms with Crippen molar-refractivity contribution in [2.75, 3.05) is 0 Å². The van der Waals surface area contributed by atoms with E-state index in [0.29, 0.717) is 23.2 Å². The second-order valence-electron chi connectivity index (χ2n) is 11.5. The molecule has 0 radical (unpaired) electrons. The summed E-state index contributed by atoms with van der Waals surface area (Å²) >= 11 is 0. The minimum Gasteiger partial charge on any atom is -0.456 e. The fourth-order valence-corrected chi connectivity index (χ4v) is 6.28. The van der Waals surface area contributed by atoms with Gasteiger partial charge in [0.2, 0.25) is 0 Å². The molecule has 0 spiro atoms. The molecule has 3 aromatic heterocycles. The molecule has 0 amide bonds. The molecule has 47 heavy (non-hydrogen) atoms. The van der Waals surface area contributed by atoms with Crippen molar-refractivity contribution in [3.63, 3.8) is 0 Å². The zero-order valence-corrected chi connectivity index (χ0v) is 25.2. The summed E-state index contributed by atoms with van der Waals surface area (Å²) in [5.41, 5.74) is 9.41. The number of rotatable bonds is 5. The SMILES string of the molecule is c1ccc(-c2cc(-c3ccccc3)c3nc(-c4nc(-c5ccccc5)nc(-c5cccc6oc7ccccc7c56)n4)ccc3c2)cc1. The third-order valence-corrected chi connectivity index (χ3v) is 8.52. The first-order valence-corrected chi connectivity index (χ1v) is 15.6. The summed E-state index contributed by atoms with van der Waals surface area (Å²) in [5.74, 6) is 1.65. The van der Waals surface area contributed by atoms with Crippen molar-refractivity contribution in [3.8, 4) is 56.5 Å². The maximum Gasteiger partial charge on any atom is 0.182 e. The number of benzene rings is 6. The number of pyridine rings is 1. The first kappa shape index (κ1) is 26.9. The van der Waals surface area contributed by atoms with Crippen LogP contribution in [0.15, 0.2) is 162 Å². The normalized spacial score (nSPS) is 11.4. The van der Waals surface area contributed by atoms with Crippen LogP contribution in [0.1, 0.15) is 0 Å². The van der Waals surface area contributed by atoms with Crippen LogP contribution >= 0.6 is 0 Å². The van der Waals surface area contributed by atoms with E-state index >= 15 is 0 Å². The highest BCUT2D eigenvalue weighted by Gasteiger charge is 2.19. The molecule has 0 aliphatic carbocycles. The van der Waals surface area contributed by atoms with E-state index in [2.05, 4.69) is 72.8 Å². The van der Waals surface area contributed by atoms with Crippen LogP contribution in [0.4, 0.5) is 0 Å². The van der Waals surface area contributed by atoms with E-state index in [4.69, 9.17) is 24.4 Å². The average molecular weight is 603 g/mol. The topological polar surface area (TPSA) is 64.7 Å². The molecule has 0 unspecified atom stereocenters. The highest BCUT2D eigenvalue weighted by Crippen LogP contribution is 2.37. The Morgan fingerprint density at radius 2 is 1.02 bits per heavy atom. The smallest absolute Gasteiger partial charge is 0.182 e. The van der Waals surface area contributed by atoms with E-state index in [1.54, 1.807) is 0 Å². The number of nitrogens with zero attached hydrogens (tertiary/aromatic N) is 4. The molecule has 0 atom stereocenters. The maximum absolute atomic E-state index is 6.21. The van der Waals surface area contributed by atoms with E-state index in [0.717, 1.165) is 66.2 Å². The Morgan fingerprint density at radius 3 is 1.81 bits per heavy atom. The van der Waals surface area contributed by atoms with Gasteiger partial charge in [0.05, 0.1) is 5.52 Å². The molecular formula is C42H26N4O. The molecule has 9 rings (SSSR count). The van der Waals surface area contributed by atoms with E-state index < -0.39 is 0 Å². The minimum absolute atomic E-state index is 0.506. The molecule has 5 nitrogen and oxygen atoms in total. The lowest BCUT2D eigenvalue weighted by Gasteiger charge is -2.13. The van der Waals surface area contributed by atoms with Gasteiger partial charge in [-0.1, -0.05) is 127 Å². The molecular weight excluding hydrogens is 576 g/mol. The van der Waals surface area contributed by atoms with E-state index in [9.17, 15) is 0 Å². The summed E-state index contributed by atoms with van der Waals surface area (Å²) in [4.78, 5) is 20.4. The van der Waals surface area contributed by atoms with Gasteiger partial charge >= 0.3 is 0 Å². The summed E-state index contributed by atoms with van der Waals surface area (Å²) in [6.07, 6.45) is 0. The third kappa shape index (κ3) is 4.82.